The van der Waals surface area contributed by atoms with E-state index in [4.69, 9.17) is 23.2 Å². The highest BCUT2D eigenvalue weighted by Crippen LogP contribution is 2.17. The van der Waals surface area contributed by atoms with Gasteiger partial charge in [0.1, 0.15) is 10.3 Å². The van der Waals surface area contributed by atoms with Crippen LogP contribution in [0.15, 0.2) is 12.1 Å². The lowest BCUT2D eigenvalue weighted by Crippen LogP contribution is -2.16. The smallest absolute Gasteiger partial charge is 0.261 e. The highest BCUT2D eigenvalue weighted by Gasteiger charge is 2.14. The summed E-state index contributed by atoms with van der Waals surface area (Å²) in [7, 11) is 0. The van der Waals surface area contributed by atoms with Crippen LogP contribution in [0.3, 0.4) is 0 Å². The maximum Gasteiger partial charge on any atom is 0.261 e. The number of halogens is 2. The zero-order valence-electron chi connectivity index (χ0n) is 10.1. The fourth-order valence-corrected chi connectivity index (χ4v) is 1.69. The molecule has 1 N–H and O–H groups in total. The van der Waals surface area contributed by atoms with Crippen molar-refractivity contribution in [3.8, 4) is 0 Å². The van der Waals surface area contributed by atoms with Gasteiger partial charge in [0.25, 0.3) is 5.91 Å². The second-order valence-corrected chi connectivity index (χ2v) is 4.48. The Balaban J connectivity index is 2.23. The number of rotatable bonds is 2. The number of aryl methyl sites for hydroxylation is 2. The molecule has 19 heavy (non-hydrogen) atoms. The minimum atomic E-state index is -0.473. The summed E-state index contributed by atoms with van der Waals surface area (Å²) in [4.78, 5) is 19.8. The van der Waals surface area contributed by atoms with E-state index >= 15 is 0 Å². The Labute approximate surface area is 119 Å². The summed E-state index contributed by atoms with van der Waals surface area (Å²) in [6.45, 7) is 3.55. The molecule has 8 heteroatoms. The third-order valence-electron chi connectivity index (χ3n) is 2.38. The van der Waals surface area contributed by atoms with Crippen LogP contribution in [0.25, 0.3) is 0 Å². The molecule has 2 aromatic heterocycles. The summed E-state index contributed by atoms with van der Waals surface area (Å²) >= 11 is 11.5. The SMILES string of the molecule is Cc1nnc(NC(=O)c2ccc(Cl)nc2Cl)nc1C. The van der Waals surface area contributed by atoms with Crippen LogP contribution >= 0.6 is 23.2 Å². The van der Waals surface area contributed by atoms with E-state index in [2.05, 4.69) is 25.5 Å². The minimum absolute atomic E-state index is 0.0155. The largest absolute Gasteiger partial charge is 0.289 e. The van der Waals surface area contributed by atoms with Gasteiger partial charge in [-0.05, 0) is 26.0 Å². The zero-order valence-corrected chi connectivity index (χ0v) is 11.6. The molecule has 0 saturated carbocycles. The first-order valence-corrected chi connectivity index (χ1v) is 6.04. The van der Waals surface area contributed by atoms with E-state index in [1.165, 1.54) is 12.1 Å². The average Bonchev–Trinajstić information content (AvgIpc) is 2.33. The molecule has 2 heterocycles. The predicted octanol–water partition coefficient (Wildman–Crippen LogP) is 2.44. The van der Waals surface area contributed by atoms with Crippen molar-refractivity contribution in [2.24, 2.45) is 0 Å². The summed E-state index contributed by atoms with van der Waals surface area (Å²) in [5.41, 5.74) is 1.57. The molecule has 0 bridgehead atoms. The lowest BCUT2D eigenvalue weighted by Gasteiger charge is -2.05. The Bertz CT molecular complexity index is 647. The maximum atomic E-state index is 12.0. The number of nitrogens with one attached hydrogen (secondary N) is 1. The van der Waals surface area contributed by atoms with E-state index in [1.54, 1.807) is 13.8 Å². The van der Waals surface area contributed by atoms with Gasteiger partial charge in [-0.1, -0.05) is 23.2 Å². The zero-order chi connectivity index (χ0) is 14.0. The van der Waals surface area contributed by atoms with Crippen LogP contribution in [0.2, 0.25) is 10.3 Å². The quantitative estimate of drug-likeness (QED) is 0.861. The van der Waals surface area contributed by atoms with Crippen molar-refractivity contribution in [1.29, 1.82) is 0 Å². The van der Waals surface area contributed by atoms with Gasteiger partial charge in [0, 0.05) is 0 Å². The monoisotopic (exact) mass is 297 g/mol. The van der Waals surface area contributed by atoms with Crippen molar-refractivity contribution in [3.05, 3.63) is 39.4 Å². The molecule has 0 fully saturated rings. The van der Waals surface area contributed by atoms with Gasteiger partial charge in [0.2, 0.25) is 5.95 Å². The van der Waals surface area contributed by atoms with Crippen LogP contribution in [0.1, 0.15) is 21.7 Å². The number of nitrogens with zero attached hydrogens (tertiary/aromatic N) is 4. The van der Waals surface area contributed by atoms with Crippen LogP contribution in [0.4, 0.5) is 5.95 Å². The number of hydrogen-bond acceptors (Lipinski definition) is 5. The minimum Gasteiger partial charge on any atom is -0.289 e. The van der Waals surface area contributed by atoms with Crippen molar-refractivity contribution in [3.63, 3.8) is 0 Å². The van der Waals surface area contributed by atoms with Gasteiger partial charge in [-0.3, -0.25) is 10.1 Å². The van der Waals surface area contributed by atoms with E-state index in [-0.39, 0.29) is 21.8 Å². The fraction of sp³-hybridized carbons (Fsp3) is 0.182. The molecular formula is C11H9Cl2N5O. The van der Waals surface area contributed by atoms with E-state index < -0.39 is 5.91 Å². The summed E-state index contributed by atoms with van der Waals surface area (Å²) in [6.07, 6.45) is 0. The number of pyridine rings is 1. The number of amides is 1. The van der Waals surface area contributed by atoms with Gasteiger partial charge in [0.15, 0.2) is 0 Å². The Kier molecular flexibility index (Phi) is 3.92. The van der Waals surface area contributed by atoms with Crippen LogP contribution in [-0.4, -0.2) is 26.1 Å². The molecule has 2 rings (SSSR count). The highest BCUT2D eigenvalue weighted by molar-refractivity contribution is 6.35. The lowest BCUT2D eigenvalue weighted by atomic mass is 10.3. The molecule has 0 aliphatic rings. The molecular weight excluding hydrogens is 289 g/mol. The van der Waals surface area contributed by atoms with Crippen molar-refractivity contribution < 1.29 is 4.79 Å². The topological polar surface area (TPSA) is 80.7 Å². The molecule has 0 radical (unpaired) electrons. The van der Waals surface area contributed by atoms with Crippen LogP contribution < -0.4 is 5.32 Å². The Morgan fingerprint density at radius 2 is 1.84 bits per heavy atom. The third kappa shape index (κ3) is 3.15. The van der Waals surface area contributed by atoms with Crippen molar-refractivity contribution >= 4 is 35.1 Å². The Morgan fingerprint density at radius 1 is 1.11 bits per heavy atom. The van der Waals surface area contributed by atoms with E-state index in [1.807, 2.05) is 0 Å². The van der Waals surface area contributed by atoms with Crippen molar-refractivity contribution in [1.82, 2.24) is 20.2 Å². The summed E-state index contributed by atoms with van der Waals surface area (Å²) in [5, 5.41) is 10.4. The van der Waals surface area contributed by atoms with Crippen LogP contribution in [-0.2, 0) is 0 Å². The van der Waals surface area contributed by atoms with E-state index in [0.717, 1.165) is 0 Å². The third-order valence-corrected chi connectivity index (χ3v) is 2.88. The fourth-order valence-electron chi connectivity index (χ4n) is 1.26. The standard InChI is InChI=1S/C11H9Cl2N5O/c1-5-6(2)17-18-11(14-5)16-10(19)7-3-4-8(12)15-9(7)13/h3-4H,1-2H3,(H,14,16,18,19). The molecule has 98 valence electrons. The number of anilines is 1. The molecule has 0 saturated heterocycles. The number of hydrogen-bond donors (Lipinski definition) is 1. The Morgan fingerprint density at radius 3 is 2.47 bits per heavy atom. The van der Waals surface area contributed by atoms with Gasteiger partial charge in [0.05, 0.1) is 17.0 Å². The predicted molar refractivity (Wildman–Crippen MR) is 71.5 cm³/mol. The van der Waals surface area contributed by atoms with Gasteiger partial charge < -0.3 is 0 Å². The normalized spacial score (nSPS) is 10.3. The van der Waals surface area contributed by atoms with Crippen molar-refractivity contribution in [2.45, 2.75) is 13.8 Å². The first-order chi connectivity index (χ1) is 8.97. The van der Waals surface area contributed by atoms with E-state index in [9.17, 15) is 4.79 Å². The second kappa shape index (κ2) is 5.46. The molecule has 0 atom stereocenters. The first-order valence-electron chi connectivity index (χ1n) is 5.28. The van der Waals surface area contributed by atoms with Crippen molar-refractivity contribution in [2.75, 3.05) is 5.32 Å². The van der Waals surface area contributed by atoms with Gasteiger partial charge in [-0.25, -0.2) is 9.97 Å². The highest BCUT2D eigenvalue weighted by atomic mass is 35.5. The first kappa shape index (κ1) is 13.6. The van der Waals surface area contributed by atoms with Gasteiger partial charge >= 0.3 is 0 Å². The molecule has 0 aliphatic carbocycles. The average molecular weight is 298 g/mol. The number of carbonyl (C=O) groups is 1. The summed E-state index contributed by atoms with van der Waals surface area (Å²) in [6, 6.07) is 2.95. The number of carbonyl (C=O) groups excluding carboxylic acids is 1. The van der Waals surface area contributed by atoms with Gasteiger partial charge in [-0.15, -0.1) is 5.10 Å². The summed E-state index contributed by atoms with van der Waals surface area (Å²) < 4.78 is 0. The van der Waals surface area contributed by atoms with Gasteiger partial charge in [-0.2, -0.15) is 5.10 Å². The second-order valence-electron chi connectivity index (χ2n) is 3.73. The molecule has 0 aromatic carbocycles. The molecule has 6 nitrogen and oxygen atoms in total. The molecule has 1 amide bonds. The molecule has 0 aliphatic heterocycles. The lowest BCUT2D eigenvalue weighted by molar-refractivity contribution is 0.102. The van der Waals surface area contributed by atoms with E-state index in [0.29, 0.717) is 11.4 Å². The summed E-state index contributed by atoms with van der Waals surface area (Å²) in [5.74, 6) is -0.363. The molecule has 0 unspecified atom stereocenters. The maximum absolute atomic E-state index is 12.0. The Hall–Kier alpha value is -1.79. The van der Waals surface area contributed by atoms with Crippen LogP contribution in [0, 0.1) is 13.8 Å². The molecule has 0 spiro atoms. The number of aromatic nitrogens is 4. The van der Waals surface area contributed by atoms with Crippen LogP contribution in [0.5, 0.6) is 0 Å². The molecule has 2 aromatic rings.